The molecule has 2 aliphatic carbocycles. The van der Waals surface area contributed by atoms with E-state index in [4.69, 9.17) is 0 Å². The zero-order valence-electron chi connectivity index (χ0n) is 28.7. The van der Waals surface area contributed by atoms with Crippen molar-refractivity contribution in [2.24, 2.45) is 0 Å². The van der Waals surface area contributed by atoms with Gasteiger partial charge in [0, 0.05) is 22.4 Å². The summed E-state index contributed by atoms with van der Waals surface area (Å²) in [6.07, 6.45) is 0. The third-order valence-electron chi connectivity index (χ3n) is 12.1. The molecule has 0 N–H and O–H groups in total. The van der Waals surface area contributed by atoms with E-state index in [1.165, 1.54) is 83.1 Å². The Morgan fingerprint density at radius 1 is 0.417 bits per heavy atom. The smallest absolute Gasteiger partial charge is 0.0549 e. The summed E-state index contributed by atoms with van der Waals surface area (Å²) in [4.78, 5) is 2.54. The van der Waals surface area contributed by atoms with Crippen LogP contribution in [0.5, 0.6) is 0 Å². The van der Waals surface area contributed by atoms with Crippen molar-refractivity contribution in [1.82, 2.24) is 0 Å². The van der Waals surface area contributed by atoms with Crippen molar-refractivity contribution in [3.05, 3.63) is 162 Å². The molecular weight excluding hydrogens is 579 g/mol. The molecule has 0 fully saturated rings. The van der Waals surface area contributed by atoms with Gasteiger partial charge in [-0.2, -0.15) is 0 Å². The number of hydrogen-bond acceptors (Lipinski definition) is 1. The third-order valence-corrected chi connectivity index (χ3v) is 12.1. The molecule has 0 saturated heterocycles. The fraction of sp³-hybridized carbons (Fsp3) is 0.191. The van der Waals surface area contributed by atoms with Crippen molar-refractivity contribution in [2.75, 3.05) is 4.90 Å². The highest BCUT2D eigenvalue weighted by molar-refractivity contribution is 6.06. The Morgan fingerprint density at radius 3 is 1.77 bits per heavy atom. The van der Waals surface area contributed by atoms with E-state index in [0.29, 0.717) is 0 Å². The van der Waals surface area contributed by atoms with Crippen molar-refractivity contribution >= 4 is 38.6 Å². The van der Waals surface area contributed by atoms with Gasteiger partial charge in [-0.05, 0) is 102 Å². The Bertz CT molecular complexity index is 2440. The molecular formula is C47H41N. The molecule has 0 atom stereocenters. The molecule has 0 amide bonds. The maximum absolute atomic E-state index is 2.54. The average Bonchev–Trinajstić information content (AvgIpc) is 3.35. The predicted molar refractivity (Wildman–Crippen MR) is 205 cm³/mol. The number of rotatable bonds is 3. The summed E-state index contributed by atoms with van der Waals surface area (Å²) < 4.78 is 0. The summed E-state index contributed by atoms with van der Waals surface area (Å²) in [5.41, 5.74) is 14.3. The highest BCUT2D eigenvalue weighted by atomic mass is 15.1. The van der Waals surface area contributed by atoms with Gasteiger partial charge in [0.25, 0.3) is 0 Å². The van der Waals surface area contributed by atoms with Gasteiger partial charge >= 0.3 is 0 Å². The van der Waals surface area contributed by atoms with Crippen molar-refractivity contribution < 1.29 is 0 Å². The first-order valence-corrected chi connectivity index (χ1v) is 17.3. The summed E-state index contributed by atoms with van der Waals surface area (Å²) in [5, 5.41) is 5.10. The van der Waals surface area contributed by atoms with Crippen LogP contribution in [0.4, 0.5) is 17.1 Å². The second kappa shape index (κ2) is 9.94. The number of fused-ring (bicyclic) bond motifs is 9. The van der Waals surface area contributed by atoms with E-state index in [-0.39, 0.29) is 16.2 Å². The van der Waals surface area contributed by atoms with Gasteiger partial charge in [0.05, 0.1) is 5.69 Å². The van der Waals surface area contributed by atoms with Crippen LogP contribution in [0.1, 0.15) is 63.8 Å². The SMILES string of the molecule is CC1(C)c2ccccc2-c2c(N(c3ccc4c(c3)C(C)(C)C(C)(C)c3ccccc3-4)c3ccc4ccccc4c3)cc3ccccc3c21. The number of benzene rings is 7. The zero-order chi connectivity index (χ0) is 33.0. The Hall–Kier alpha value is -5.14. The lowest BCUT2D eigenvalue weighted by Gasteiger charge is -2.48. The van der Waals surface area contributed by atoms with E-state index in [1.54, 1.807) is 0 Å². The molecule has 7 aromatic carbocycles. The molecule has 0 aliphatic heterocycles. The first-order valence-electron chi connectivity index (χ1n) is 17.3. The Labute approximate surface area is 284 Å². The van der Waals surface area contributed by atoms with Crippen LogP contribution in [-0.4, -0.2) is 0 Å². The number of nitrogens with zero attached hydrogens (tertiary/aromatic N) is 1. The summed E-state index contributed by atoms with van der Waals surface area (Å²) in [5.74, 6) is 0. The first kappa shape index (κ1) is 29.0. The summed E-state index contributed by atoms with van der Waals surface area (Å²) in [6, 6.07) is 52.3. The molecule has 2 aliphatic rings. The van der Waals surface area contributed by atoms with Gasteiger partial charge < -0.3 is 4.90 Å². The molecule has 0 spiro atoms. The summed E-state index contributed by atoms with van der Waals surface area (Å²) in [7, 11) is 0. The average molecular weight is 620 g/mol. The standard InChI is InChI=1S/C47H41N/c1-45(2)39-21-13-12-20-38(39)43-42(28-32-17-9-10-18-35(32)44(43)45)48(33-24-23-30-15-7-8-16-31(30)27-33)34-25-26-37-36-19-11-14-22-40(36)46(3,4)47(5,6)41(37)29-34/h7-29H,1-6H3. The largest absolute Gasteiger partial charge is 0.310 e. The van der Waals surface area contributed by atoms with Crippen LogP contribution >= 0.6 is 0 Å². The predicted octanol–water partition coefficient (Wildman–Crippen LogP) is 13.0. The van der Waals surface area contributed by atoms with E-state index < -0.39 is 0 Å². The highest BCUT2D eigenvalue weighted by Crippen LogP contribution is 2.58. The maximum Gasteiger partial charge on any atom is 0.0549 e. The Kier molecular flexibility index (Phi) is 6.01. The highest BCUT2D eigenvalue weighted by Gasteiger charge is 2.46. The monoisotopic (exact) mass is 619 g/mol. The van der Waals surface area contributed by atoms with Gasteiger partial charge in [-0.3, -0.25) is 0 Å². The molecule has 48 heavy (non-hydrogen) atoms. The van der Waals surface area contributed by atoms with Gasteiger partial charge in [0.15, 0.2) is 0 Å². The van der Waals surface area contributed by atoms with Gasteiger partial charge in [-0.15, -0.1) is 0 Å². The lowest BCUT2D eigenvalue weighted by Crippen LogP contribution is -2.43. The van der Waals surface area contributed by atoms with E-state index in [1.807, 2.05) is 0 Å². The van der Waals surface area contributed by atoms with Crippen molar-refractivity contribution in [3.8, 4) is 22.3 Å². The first-order chi connectivity index (χ1) is 23.1. The van der Waals surface area contributed by atoms with Gasteiger partial charge in [0.1, 0.15) is 0 Å². The third kappa shape index (κ3) is 3.85. The van der Waals surface area contributed by atoms with Crippen molar-refractivity contribution in [3.63, 3.8) is 0 Å². The molecule has 0 unspecified atom stereocenters. The topological polar surface area (TPSA) is 3.24 Å². The van der Waals surface area contributed by atoms with E-state index in [2.05, 4.69) is 186 Å². The van der Waals surface area contributed by atoms with Crippen LogP contribution in [0.25, 0.3) is 43.8 Å². The molecule has 0 aromatic heterocycles. The Balaban J connectivity index is 1.39. The van der Waals surface area contributed by atoms with Crippen molar-refractivity contribution in [2.45, 2.75) is 57.8 Å². The summed E-state index contributed by atoms with van der Waals surface area (Å²) in [6.45, 7) is 14.5. The quantitative estimate of drug-likeness (QED) is 0.190. The van der Waals surface area contributed by atoms with Crippen LogP contribution in [0.2, 0.25) is 0 Å². The van der Waals surface area contributed by atoms with Gasteiger partial charge in [-0.25, -0.2) is 0 Å². The molecule has 0 radical (unpaired) electrons. The van der Waals surface area contributed by atoms with Crippen LogP contribution in [0.3, 0.4) is 0 Å². The molecule has 0 saturated carbocycles. The minimum atomic E-state index is -0.137. The minimum Gasteiger partial charge on any atom is -0.310 e. The van der Waals surface area contributed by atoms with E-state index in [0.717, 1.165) is 0 Å². The normalized spacial score (nSPS) is 16.2. The second-order valence-electron chi connectivity index (χ2n) is 15.4. The molecule has 9 rings (SSSR count). The number of hydrogen-bond donors (Lipinski definition) is 0. The van der Waals surface area contributed by atoms with Crippen molar-refractivity contribution in [1.29, 1.82) is 0 Å². The number of anilines is 3. The fourth-order valence-electron chi connectivity index (χ4n) is 8.91. The van der Waals surface area contributed by atoms with Crippen LogP contribution in [-0.2, 0) is 16.2 Å². The molecule has 234 valence electrons. The fourth-order valence-corrected chi connectivity index (χ4v) is 8.91. The maximum atomic E-state index is 2.54. The van der Waals surface area contributed by atoms with E-state index in [9.17, 15) is 0 Å². The molecule has 0 heterocycles. The molecule has 1 nitrogen and oxygen atoms in total. The Morgan fingerprint density at radius 2 is 0.979 bits per heavy atom. The minimum absolute atomic E-state index is 0.0455. The van der Waals surface area contributed by atoms with Crippen LogP contribution in [0, 0.1) is 0 Å². The molecule has 7 aromatic rings. The van der Waals surface area contributed by atoms with Gasteiger partial charge in [0.2, 0.25) is 0 Å². The molecule has 0 bridgehead atoms. The second-order valence-corrected chi connectivity index (χ2v) is 15.4. The van der Waals surface area contributed by atoms with Crippen LogP contribution < -0.4 is 4.90 Å². The zero-order valence-corrected chi connectivity index (χ0v) is 28.7. The lowest BCUT2D eigenvalue weighted by molar-refractivity contribution is 0.299. The van der Waals surface area contributed by atoms with E-state index >= 15 is 0 Å². The summed E-state index contributed by atoms with van der Waals surface area (Å²) >= 11 is 0. The van der Waals surface area contributed by atoms with Gasteiger partial charge in [-0.1, -0.05) is 151 Å². The molecule has 1 heteroatoms. The van der Waals surface area contributed by atoms with Crippen LogP contribution in [0.15, 0.2) is 140 Å². The lowest BCUT2D eigenvalue weighted by atomic mass is 9.55.